The first kappa shape index (κ1) is 17.3. The van der Waals surface area contributed by atoms with Gasteiger partial charge in [-0.3, -0.25) is 0 Å². The van der Waals surface area contributed by atoms with Gasteiger partial charge in [-0.25, -0.2) is 27.2 Å². The molecule has 0 N–H and O–H groups in total. The molecule has 3 aromatic rings. The highest BCUT2D eigenvalue weighted by atomic mass is 32.2. The van der Waals surface area contributed by atoms with Gasteiger partial charge in [-0.05, 0) is 30.3 Å². The molecule has 0 atom stereocenters. The van der Waals surface area contributed by atoms with Crippen LogP contribution in [0.3, 0.4) is 0 Å². The van der Waals surface area contributed by atoms with E-state index in [1.807, 2.05) is 17.0 Å². The fraction of sp³-hybridized carbons (Fsp3) is 0.250. The Hall–Kier alpha value is -2.17. The van der Waals surface area contributed by atoms with Crippen molar-refractivity contribution in [3.05, 3.63) is 48.2 Å². The highest BCUT2D eigenvalue weighted by Gasteiger charge is 2.31. The second-order valence-corrected chi connectivity index (χ2v) is 8.65. The van der Waals surface area contributed by atoms with Gasteiger partial charge >= 0.3 is 0 Å². The maximum Gasteiger partial charge on any atom is 0.246 e. The molecule has 0 spiro atoms. The summed E-state index contributed by atoms with van der Waals surface area (Å²) in [5.74, 6) is -1.74. The normalized spacial score (nSPS) is 16.3. The van der Waals surface area contributed by atoms with E-state index in [9.17, 15) is 17.2 Å². The number of rotatable bonds is 3. The van der Waals surface area contributed by atoms with E-state index in [1.165, 1.54) is 15.6 Å². The van der Waals surface area contributed by atoms with Crippen LogP contribution in [0.25, 0.3) is 10.3 Å². The summed E-state index contributed by atoms with van der Waals surface area (Å²) in [6, 6.07) is 6.12. The third-order valence-electron chi connectivity index (χ3n) is 4.18. The number of aromatic nitrogens is 2. The van der Waals surface area contributed by atoms with E-state index in [-0.39, 0.29) is 13.1 Å². The molecule has 1 aliphatic rings. The zero-order valence-corrected chi connectivity index (χ0v) is 15.1. The number of pyridine rings is 1. The lowest BCUT2D eigenvalue weighted by molar-refractivity contribution is 0.382. The molecule has 26 heavy (non-hydrogen) atoms. The second kappa shape index (κ2) is 6.53. The van der Waals surface area contributed by atoms with Gasteiger partial charge in [-0.15, -0.1) is 0 Å². The number of fused-ring (bicyclic) bond motifs is 1. The summed E-state index contributed by atoms with van der Waals surface area (Å²) in [6.45, 7) is 1.16. The predicted octanol–water partition coefficient (Wildman–Crippen LogP) is 2.48. The van der Waals surface area contributed by atoms with Crippen LogP contribution in [0, 0.1) is 11.6 Å². The lowest BCUT2D eigenvalue weighted by Crippen LogP contribution is -2.48. The Morgan fingerprint density at radius 2 is 1.85 bits per heavy atom. The van der Waals surface area contributed by atoms with Crippen LogP contribution in [0.2, 0.25) is 0 Å². The molecule has 0 bridgehead atoms. The van der Waals surface area contributed by atoms with Crippen LogP contribution in [0.4, 0.5) is 13.9 Å². The number of thiazole rings is 1. The Morgan fingerprint density at radius 3 is 2.58 bits per heavy atom. The molecule has 1 aliphatic heterocycles. The van der Waals surface area contributed by atoms with Crippen LogP contribution in [0.1, 0.15) is 0 Å². The predicted molar refractivity (Wildman–Crippen MR) is 94.7 cm³/mol. The summed E-state index contributed by atoms with van der Waals surface area (Å²) in [5.41, 5.74) is 0.796. The zero-order chi connectivity index (χ0) is 18.3. The van der Waals surface area contributed by atoms with E-state index in [0.717, 1.165) is 33.7 Å². The number of anilines is 1. The van der Waals surface area contributed by atoms with Gasteiger partial charge in [0.1, 0.15) is 26.9 Å². The first-order valence-electron chi connectivity index (χ1n) is 7.87. The molecule has 2 aromatic heterocycles. The smallest absolute Gasteiger partial charge is 0.246 e. The molecule has 1 aromatic carbocycles. The zero-order valence-electron chi connectivity index (χ0n) is 13.5. The van der Waals surface area contributed by atoms with Crippen molar-refractivity contribution in [3.8, 4) is 0 Å². The standard InChI is InChI=1S/C16H14F2N4O2S2/c17-11-3-4-12(18)14(10-11)26(23,24)22-8-6-21(7-9-22)16-20-13-2-1-5-19-15(13)25-16/h1-5,10H,6-9H2. The lowest BCUT2D eigenvalue weighted by atomic mass is 10.3. The van der Waals surface area contributed by atoms with Crippen LogP contribution in [0.15, 0.2) is 41.4 Å². The van der Waals surface area contributed by atoms with Gasteiger partial charge in [0.05, 0.1) is 0 Å². The molecule has 10 heteroatoms. The number of hydrogen-bond acceptors (Lipinski definition) is 6. The molecule has 0 saturated carbocycles. The number of benzene rings is 1. The molecule has 1 fully saturated rings. The van der Waals surface area contributed by atoms with E-state index >= 15 is 0 Å². The summed E-state index contributed by atoms with van der Waals surface area (Å²) in [5, 5.41) is 0.771. The Kier molecular flexibility index (Phi) is 4.33. The van der Waals surface area contributed by atoms with Gasteiger partial charge in [-0.1, -0.05) is 11.3 Å². The minimum Gasteiger partial charge on any atom is -0.345 e. The van der Waals surface area contributed by atoms with Crippen molar-refractivity contribution in [2.75, 3.05) is 31.1 Å². The maximum atomic E-state index is 13.9. The fourth-order valence-electron chi connectivity index (χ4n) is 2.83. The van der Waals surface area contributed by atoms with Crippen LogP contribution in [-0.2, 0) is 10.0 Å². The minimum absolute atomic E-state index is 0.168. The molecule has 0 amide bonds. The lowest BCUT2D eigenvalue weighted by Gasteiger charge is -2.33. The number of nitrogens with zero attached hydrogens (tertiary/aromatic N) is 4. The largest absolute Gasteiger partial charge is 0.345 e. The van der Waals surface area contributed by atoms with Gasteiger partial charge in [0, 0.05) is 32.4 Å². The van der Waals surface area contributed by atoms with E-state index in [0.29, 0.717) is 13.1 Å². The highest BCUT2D eigenvalue weighted by molar-refractivity contribution is 7.89. The van der Waals surface area contributed by atoms with Gasteiger partial charge in [0.15, 0.2) is 5.13 Å². The molecular formula is C16H14F2N4O2S2. The van der Waals surface area contributed by atoms with E-state index in [1.54, 1.807) is 6.20 Å². The van der Waals surface area contributed by atoms with Gasteiger partial charge in [-0.2, -0.15) is 4.31 Å². The first-order chi connectivity index (χ1) is 12.4. The quantitative estimate of drug-likeness (QED) is 0.681. The van der Waals surface area contributed by atoms with Crippen molar-refractivity contribution >= 4 is 36.8 Å². The third kappa shape index (κ3) is 3.04. The summed E-state index contributed by atoms with van der Waals surface area (Å²) >= 11 is 1.44. The average molecular weight is 396 g/mol. The third-order valence-corrected chi connectivity index (χ3v) is 7.13. The van der Waals surface area contributed by atoms with E-state index < -0.39 is 26.6 Å². The number of sulfonamides is 1. The van der Waals surface area contributed by atoms with Crippen molar-refractivity contribution in [1.29, 1.82) is 0 Å². The van der Waals surface area contributed by atoms with Crippen LogP contribution in [-0.4, -0.2) is 48.9 Å². The molecule has 4 rings (SSSR count). The average Bonchev–Trinajstić information content (AvgIpc) is 3.08. The van der Waals surface area contributed by atoms with Gasteiger partial charge in [0.25, 0.3) is 0 Å². The Labute approximate surface area is 152 Å². The molecule has 1 saturated heterocycles. The van der Waals surface area contributed by atoms with E-state index in [4.69, 9.17) is 0 Å². The van der Waals surface area contributed by atoms with E-state index in [2.05, 4.69) is 9.97 Å². The van der Waals surface area contributed by atoms with Crippen molar-refractivity contribution in [2.45, 2.75) is 4.90 Å². The fourth-order valence-corrected chi connectivity index (χ4v) is 5.29. The van der Waals surface area contributed by atoms with Crippen molar-refractivity contribution in [2.24, 2.45) is 0 Å². The topological polar surface area (TPSA) is 66.4 Å². The Morgan fingerprint density at radius 1 is 1.08 bits per heavy atom. The minimum atomic E-state index is -4.08. The summed E-state index contributed by atoms with van der Waals surface area (Å²) in [7, 11) is -4.08. The maximum absolute atomic E-state index is 13.9. The molecule has 0 aliphatic carbocycles. The monoisotopic (exact) mass is 396 g/mol. The SMILES string of the molecule is O=S(=O)(c1cc(F)ccc1F)N1CCN(c2nc3cccnc3s2)CC1. The number of hydrogen-bond donors (Lipinski definition) is 0. The summed E-state index contributed by atoms with van der Waals surface area (Å²) in [6.07, 6.45) is 1.70. The van der Waals surface area contributed by atoms with Crippen LogP contribution in [0.5, 0.6) is 0 Å². The Balaban J connectivity index is 1.53. The van der Waals surface area contributed by atoms with Crippen molar-refractivity contribution in [1.82, 2.24) is 14.3 Å². The molecule has 0 radical (unpaired) electrons. The molecule has 6 nitrogen and oxygen atoms in total. The molecule has 136 valence electrons. The van der Waals surface area contributed by atoms with Crippen LogP contribution < -0.4 is 4.90 Å². The van der Waals surface area contributed by atoms with Crippen molar-refractivity contribution in [3.63, 3.8) is 0 Å². The number of halogens is 2. The summed E-state index contributed by atoms with van der Waals surface area (Å²) in [4.78, 5) is 10.9. The Bertz CT molecular complexity index is 1030. The molecular weight excluding hydrogens is 382 g/mol. The van der Waals surface area contributed by atoms with Crippen molar-refractivity contribution < 1.29 is 17.2 Å². The molecule has 0 unspecified atom stereocenters. The highest BCUT2D eigenvalue weighted by Crippen LogP contribution is 2.29. The number of piperazine rings is 1. The second-order valence-electron chi connectivity index (χ2n) is 5.79. The van der Waals surface area contributed by atoms with Gasteiger partial charge in [0.2, 0.25) is 10.0 Å². The summed E-state index contributed by atoms with van der Waals surface area (Å²) < 4.78 is 53.7. The first-order valence-corrected chi connectivity index (χ1v) is 10.1. The van der Waals surface area contributed by atoms with Crippen LogP contribution >= 0.6 is 11.3 Å². The molecule has 3 heterocycles. The van der Waals surface area contributed by atoms with Gasteiger partial charge < -0.3 is 4.90 Å².